The largest absolute Gasteiger partial charge is 0.493 e. The van der Waals surface area contributed by atoms with Crippen molar-refractivity contribution in [3.05, 3.63) is 29.3 Å². The van der Waals surface area contributed by atoms with Crippen LogP contribution in [-0.2, 0) is 4.79 Å². The quantitative estimate of drug-likeness (QED) is 0.750. The predicted octanol–water partition coefficient (Wildman–Crippen LogP) is 1.95. The van der Waals surface area contributed by atoms with Crippen LogP contribution in [0.2, 0.25) is 0 Å². The van der Waals surface area contributed by atoms with Gasteiger partial charge < -0.3 is 10.5 Å². The summed E-state index contributed by atoms with van der Waals surface area (Å²) < 4.78 is 5.56. The van der Waals surface area contributed by atoms with Gasteiger partial charge >= 0.3 is 0 Å². The molecule has 82 valence electrons. The number of hydrogen-bond acceptors (Lipinski definition) is 2. The topological polar surface area (TPSA) is 52.3 Å². The minimum atomic E-state index is -0.278. The lowest BCUT2D eigenvalue weighted by atomic mass is 10.1. The van der Waals surface area contributed by atoms with Crippen LogP contribution in [0.15, 0.2) is 18.2 Å². The zero-order chi connectivity index (χ0) is 11.3. The molecule has 0 saturated heterocycles. The maximum absolute atomic E-state index is 10.5. The summed E-state index contributed by atoms with van der Waals surface area (Å²) in [5, 5.41) is 0. The third-order valence-corrected chi connectivity index (χ3v) is 2.17. The van der Waals surface area contributed by atoms with Crippen molar-refractivity contribution in [1.82, 2.24) is 0 Å². The number of hydrogen-bond donors (Lipinski definition) is 1. The fraction of sp³-hybridized carbons (Fsp3) is 0.417. The van der Waals surface area contributed by atoms with Crippen LogP contribution >= 0.6 is 0 Å². The van der Waals surface area contributed by atoms with Crippen molar-refractivity contribution in [2.45, 2.75) is 26.7 Å². The van der Waals surface area contributed by atoms with Crippen molar-refractivity contribution in [3.63, 3.8) is 0 Å². The van der Waals surface area contributed by atoms with Gasteiger partial charge in [0, 0.05) is 6.42 Å². The van der Waals surface area contributed by atoms with E-state index in [0.717, 1.165) is 11.3 Å². The Morgan fingerprint density at radius 2 is 2.13 bits per heavy atom. The molecule has 0 bridgehead atoms. The highest BCUT2D eigenvalue weighted by molar-refractivity contribution is 5.73. The maximum atomic E-state index is 10.5. The van der Waals surface area contributed by atoms with Gasteiger partial charge in [-0.25, -0.2) is 0 Å². The molecular formula is C12H17NO2. The highest BCUT2D eigenvalue weighted by atomic mass is 16.5. The number of rotatable bonds is 5. The molecule has 1 amide bonds. The fourth-order valence-electron chi connectivity index (χ4n) is 1.29. The van der Waals surface area contributed by atoms with Crippen molar-refractivity contribution < 1.29 is 9.53 Å². The third-order valence-electron chi connectivity index (χ3n) is 2.17. The molecule has 1 aromatic carbocycles. The number of primary amides is 1. The van der Waals surface area contributed by atoms with Gasteiger partial charge in [-0.05, 0) is 37.5 Å². The number of amides is 1. The molecule has 0 aliphatic carbocycles. The summed E-state index contributed by atoms with van der Waals surface area (Å²) in [5.74, 6) is 0.610. The van der Waals surface area contributed by atoms with E-state index in [1.807, 2.05) is 32.0 Å². The van der Waals surface area contributed by atoms with E-state index in [1.54, 1.807) is 0 Å². The number of aryl methyl sites for hydroxylation is 2. The monoisotopic (exact) mass is 207 g/mol. The maximum Gasteiger partial charge on any atom is 0.217 e. The Morgan fingerprint density at radius 3 is 2.80 bits per heavy atom. The number of ether oxygens (including phenoxy) is 1. The van der Waals surface area contributed by atoms with Crippen LogP contribution in [0.4, 0.5) is 0 Å². The van der Waals surface area contributed by atoms with E-state index in [9.17, 15) is 4.79 Å². The summed E-state index contributed by atoms with van der Waals surface area (Å²) in [5.41, 5.74) is 7.31. The molecule has 0 heterocycles. The molecule has 15 heavy (non-hydrogen) atoms. The molecule has 1 rings (SSSR count). The Hall–Kier alpha value is -1.51. The van der Waals surface area contributed by atoms with Gasteiger partial charge in [0.15, 0.2) is 0 Å². The van der Waals surface area contributed by atoms with E-state index in [4.69, 9.17) is 10.5 Å². The standard InChI is InChI=1S/C12H17NO2/c1-9-5-6-10(2)11(8-9)15-7-3-4-12(13)14/h5-6,8H,3-4,7H2,1-2H3,(H2,13,14). The fourth-order valence-corrected chi connectivity index (χ4v) is 1.29. The van der Waals surface area contributed by atoms with Gasteiger partial charge in [-0.15, -0.1) is 0 Å². The zero-order valence-corrected chi connectivity index (χ0v) is 9.25. The Bertz CT molecular complexity index is 347. The molecule has 0 aliphatic heterocycles. The van der Waals surface area contributed by atoms with Crippen molar-refractivity contribution in [2.75, 3.05) is 6.61 Å². The lowest BCUT2D eigenvalue weighted by Gasteiger charge is -2.09. The molecule has 0 atom stereocenters. The highest BCUT2D eigenvalue weighted by Gasteiger charge is 2.00. The number of carbonyl (C=O) groups excluding carboxylic acids is 1. The SMILES string of the molecule is Cc1ccc(C)c(OCCCC(N)=O)c1. The first-order chi connectivity index (χ1) is 7.09. The molecule has 0 aliphatic rings. The molecule has 0 radical (unpaired) electrons. The number of carbonyl (C=O) groups is 1. The molecule has 0 aromatic heterocycles. The van der Waals surface area contributed by atoms with Crippen molar-refractivity contribution in [3.8, 4) is 5.75 Å². The molecule has 2 N–H and O–H groups in total. The van der Waals surface area contributed by atoms with Crippen molar-refractivity contribution in [1.29, 1.82) is 0 Å². The second-order valence-corrected chi connectivity index (χ2v) is 3.69. The Labute approximate surface area is 90.2 Å². The summed E-state index contributed by atoms with van der Waals surface area (Å²) in [6, 6.07) is 6.07. The van der Waals surface area contributed by atoms with Gasteiger partial charge in [0.25, 0.3) is 0 Å². The molecule has 0 spiro atoms. The van der Waals surface area contributed by atoms with Gasteiger partial charge in [-0.1, -0.05) is 12.1 Å². The molecule has 0 fully saturated rings. The summed E-state index contributed by atoms with van der Waals surface area (Å²) in [6.45, 7) is 4.56. The molecule has 3 heteroatoms. The summed E-state index contributed by atoms with van der Waals surface area (Å²) in [7, 11) is 0. The minimum absolute atomic E-state index is 0.278. The molecular weight excluding hydrogens is 190 g/mol. The van der Waals surface area contributed by atoms with Crippen LogP contribution in [0, 0.1) is 13.8 Å². The second-order valence-electron chi connectivity index (χ2n) is 3.69. The highest BCUT2D eigenvalue weighted by Crippen LogP contribution is 2.19. The average Bonchev–Trinajstić information content (AvgIpc) is 2.17. The number of nitrogens with two attached hydrogens (primary N) is 1. The second kappa shape index (κ2) is 5.39. The summed E-state index contributed by atoms with van der Waals surface area (Å²) in [4.78, 5) is 10.5. The van der Waals surface area contributed by atoms with E-state index < -0.39 is 0 Å². The zero-order valence-electron chi connectivity index (χ0n) is 9.25. The van der Waals surface area contributed by atoms with Crippen LogP contribution < -0.4 is 10.5 Å². The normalized spacial score (nSPS) is 10.0. The van der Waals surface area contributed by atoms with Crippen LogP contribution in [0.3, 0.4) is 0 Å². The van der Waals surface area contributed by atoms with E-state index >= 15 is 0 Å². The van der Waals surface area contributed by atoms with Gasteiger partial charge in [0.05, 0.1) is 6.61 Å². The van der Waals surface area contributed by atoms with E-state index in [2.05, 4.69) is 0 Å². The van der Waals surface area contributed by atoms with Gasteiger partial charge in [0.2, 0.25) is 5.91 Å². The summed E-state index contributed by atoms with van der Waals surface area (Å²) >= 11 is 0. The van der Waals surface area contributed by atoms with E-state index in [-0.39, 0.29) is 5.91 Å². The van der Waals surface area contributed by atoms with Crippen molar-refractivity contribution >= 4 is 5.91 Å². The van der Waals surface area contributed by atoms with E-state index in [0.29, 0.717) is 19.4 Å². The van der Waals surface area contributed by atoms with Crippen LogP contribution in [0.25, 0.3) is 0 Å². The predicted molar refractivity (Wildman–Crippen MR) is 59.8 cm³/mol. The van der Waals surface area contributed by atoms with Crippen molar-refractivity contribution in [2.24, 2.45) is 5.73 Å². The van der Waals surface area contributed by atoms with Gasteiger partial charge in [-0.3, -0.25) is 4.79 Å². The Morgan fingerprint density at radius 1 is 1.40 bits per heavy atom. The lowest BCUT2D eigenvalue weighted by molar-refractivity contribution is -0.118. The molecule has 0 saturated carbocycles. The van der Waals surface area contributed by atoms with Gasteiger partial charge in [0.1, 0.15) is 5.75 Å². The van der Waals surface area contributed by atoms with Crippen LogP contribution in [-0.4, -0.2) is 12.5 Å². The van der Waals surface area contributed by atoms with Crippen LogP contribution in [0.1, 0.15) is 24.0 Å². The first-order valence-electron chi connectivity index (χ1n) is 5.08. The van der Waals surface area contributed by atoms with Gasteiger partial charge in [-0.2, -0.15) is 0 Å². The number of benzene rings is 1. The smallest absolute Gasteiger partial charge is 0.217 e. The lowest BCUT2D eigenvalue weighted by Crippen LogP contribution is -2.12. The first kappa shape index (κ1) is 11.6. The molecule has 1 aromatic rings. The summed E-state index contributed by atoms with van der Waals surface area (Å²) in [6.07, 6.45) is 1.05. The molecule has 3 nitrogen and oxygen atoms in total. The minimum Gasteiger partial charge on any atom is -0.493 e. The van der Waals surface area contributed by atoms with Crippen LogP contribution in [0.5, 0.6) is 5.75 Å². The first-order valence-corrected chi connectivity index (χ1v) is 5.08. The molecule has 0 unspecified atom stereocenters. The van der Waals surface area contributed by atoms with E-state index in [1.165, 1.54) is 5.56 Å². The Balaban J connectivity index is 2.43. The Kier molecular flexibility index (Phi) is 4.16. The average molecular weight is 207 g/mol. The third kappa shape index (κ3) is 4.02.